The van der Waals surface area contributed by atoms with Gasteiger partial charge in [-0.25, -0.2) is 4.98 Å². The number of aromatic nitrogens is 3. The van der Waals surface area contributed by atoms with Gasteiger partial charge in [0.2, 0.25) is 5.91 Å². The molecule has 14 heavy (non-hydrogen) atoms. The van der Waals surface area contributed by atoms with E-state index in [9.17, 15) is 4.79 Å². The number of carbonyl (C=O) groups is 1. The highest BCUT2D eigenvalue weighted by molar-refractivity contribution is 5.87. The molecule has 5 nitrogen and oxygen atoms in total. The number of hydrogen-bond acceptors (Lipinski definition) is 3. The molecular weight excluding hydrogens is 180 g/mol. The van der Waals surface area contributed by atoms with Crippen molar-refractivity contribution < 1.29 is 4.79 Å². The number of rotatable bonds is 5. The lowest BCUT2D eigenvalue weighted by atomic mass is 10.2. The molecule has 1 unspecified atom stereocenters. The first kappa shape index (κ1) is 10.4. The minimum atomic E-state index is -0.143. The lowest BCUT2D eigenvalue weighted by Crippen LogP contribution is -2.31. The van der Waals surface area contributed by atoms with Crippen LogP contribution >= 0.6 is 0 Å². The molecule has 0 aliphatic carbocycles. The van der Waals surface area contributed by atoms with Crippen LogP contribution in [0.5, 0.6) is 0 Å². The molecular formula is C9H14N4O. The van der Waals surface area contributed by atoms with Crippen molar-refractivity contribution in [1.82, 2.24) is 20.1 Å². The van der Waals surface area contributed by atoms with E-state index >= 15 is 0 Å². The summed E-state index contributed by atoms with van der Waals surface area (Å²) in [6, 6.07) is 0.115. The summed E-state index contributed by atoms with van der Waals surface area (Å²) < 4.78 is 1.73. The van der Waals surface area contributed by atoms with Gasteiger partial charge in [-0.2, -0.15) is 5.10 Å². The highest BCUT2D eigenvalue weighted by atomic mass is 16.1. The van der Waals surface area contributed by atoms with Crippen molar-refractivity contribution in [2.75, 3.05) is 0 Å². The summed E-state index contributed by atoms with van der Waals surface area (Å²) in [4.78, 5) is 14.7. The van der Waals surface area contributed by atoms with Crippen molar-refractivity contribution in [2.45, 2.75) is 25.9 Å². The van der Waals surface area contributed by atoms with Crippen molar-refractivity contribution in [3.05, 3.63) is 25.3 Å². The van der Waals surface area contributed by atoms with E-state index in [0.29, 0.717) is 0 Å². The van der Waals surface area contributed by atoms with Gasteiger partial charge < -0.3 is 5.32 Å². The van der Waals surface area contributed by atoms with Crippen LogP contribution < -0.4 is 5.32 Å². The Morgan fingerprint density at radius 2 is 2.57 bits per heavy atom. The Bertz CT molecular complexity index is 294. The molecule has 0 aliphatic rings. The molecule has 0 bridgehead atoms. The van der Waals surface area contributed by atoms with E-state index in [2.05, 4.69) is 22.0 Å². The standard InChI is InChI=1S/C9H14N4O/c1-3-9(14)12-8(2)4-5-13-7-10-6-11-13/h3,6-8H,1,4-5H2,2H3,(H,12,14). The second kappa shape index (κ2) is 5.16. The minimum absolute atomic E-state index is 0.115. The van der Waals surface area contributed by atoms with Gasteiger partial charge in [-0.3, -0.25) is 9.48 Å². The van der Waals surface area contributed by atoms with Gasteiger partial charge in [0, 0.05) is 12.6 Å². The van der Waals surface area contributed by atoms with Gasteiger partial charge in [-0.05, 0) is 19.4 Å². The summed E-state index contributed by atoms with van der Waals surface area (Å²) in [5.74, 6) is -0.143. The molecule has 0 aromatic carbocycles. The zero-order chi connectivity index (χ0) is 10.4. The van der Waals surface area contributed by atoms with E-state index in [1.54, 1.807) is 11.0 Å². The zero-order valence-electron chi connectivity index (χ0n) is 8.18. The molecule has 0 saturated carbocycles. The highest BCUT2D eigenvalue weighted by Gasteiger charge is 2.04. The van der Waals surface area contributed by atoms with Crippen molar-refractivity contribution in [3.8, 4) is 0 Å². The fraction of sp³-hybridized carbons (Fsp3) is 0.444. The average molecular weight is 194 g/mol. The zero-order valence-corrected chi connectivity index (χ0v) is 8.18. The van der Waals surface area contributed by atoms with Crippen LogP contribution in [-0.4, -0.2) is 26.7 Å². The van der Waals surface area contributed by atoms with Crippen LogP contribution in [0.3, 0.4) is 0 Å². The van der Waals surface area contributed by atoms with E-state index in [1.807, 2.05) is 6.92 Å². The molecule has 1 N–H and O–H groups in total. The van der Waals surface area contributed by atoms with Crippen molar-refractivity contribution >= 4 is 5.91 Å². The monoisotopic (exact) mass is 194 g/mol. The third kappa shape index (κ3) is 3.38. The van der Waals surface area contributed by atoms with Gasteiger partial charge in [-0.15, -0.1) is 0 Å². The quantitative estimate of drug-likeness (QED) is 0.688. The number of nitrogens with one attached hydrogen (secondary N) is 1. The summed E-state index contributed by atoms with van der Waals surface area (Å²) in [7, 11) is 0. The fourth-order valence-electron chi connectivity index (χ4n) is 1.05. The topological polar surface area (TPSA) is 59.8 Å². The summed E-state index contributed by atoms with van der Waals surface area (Å²) in [6.45, 7) is 6.08. The predicted molar refractivity (Wildman–Crippen MR) is 52.4 cm³/mol. The molecule has 1 aromatic heterocycles. The number of hydrogen-bond donors (Lipinski definition) is 1. The smallest absolute Gasteiger partial charge is 0.243 e. The molecule has 0 fully saturated rings. The first-order chi connectivity index (χ1) is 6.72. The summed E-state index contributed by atoms with van der Waals surface area (Å²) in [6.07, 6.45) is 5.24. The maximum Gasteiger partial charge on any atom is 0.243 e. The maximum atomic E-state index is 10.9. The predicted octanol–water partition coefficient (Wildman–Crippen LogP) is 0.359. The average Bonchev–Trinajstić information content (AvgIpc) is 2.67. The third-order valence-corrected chi connectivity index (χ3v) is 1.83. The minimum Gasteiger partial charge on any atom is -0.350 e. The SMILES string of the molecule is C=CC(=O)NC(C)CCn1cncn1. The first-order valence-electron chi connectivity index (χ1n) is 4.47. The Labute approximate surface area is 82.8 Å². The largest absolute Gasteiger partial charge is 0.350 e. The Balaban J connectivity index is 2.24. The van der Waals surface area contributed by atoms with Gasteiger partial charge in [-0.1, -0.05) is 6.58 Å². The number of carbonyl (C=O) groups excluding carboxylic acids is 1. The molecule has 0 radical (unpaired) electrons. The van der Waals surface area contributed by atoms with Crippen LogP contribution in [0.15, 0.2) is 25.3 Å². The lowest BCUT2D eigenvalue weighted by Gasteiger charge is -2.11. The lowest BCUT2D eigenvalue weighted by molar-refractivity contribution is -0.117. The molecule has 5 heteroatoms. The molecule has 1 aromatic rings. The van der Waals surface area contributed by atoms with Crippen molar-refractivity contribution in [3.63, 3.8) is 0 Å². The van der Waals surface area contributed by atoms with Crippen LogP contribution in [-0.2, 0) is 11.3 Å². The molecule has 76 valence electrons. The van der Waals surface area contributed by atoms with E-state index < -0.39 is 0 Å². The fourth-order valence-corrected chi connectivity index (χ4v) is 1.05. The van der Waals surface area contributed by atoms with Crippen LogP contribution in [0.2, 0.25) is 0 Å². The number of nitrogens with zero attached hydrogens (tertiary/aromatic N) is 3. The maximum absolute atomic E-state index is 10.9. The Morgan fingerprint density at radius 3 is 3.14 bits per heavy atom. The normalized spacial score (nSPS) is 12.1. The van der Waals surface area contributed by atoms with Gasteiger partial charge in [0.1, 0.15) is 12.7 Å². The van der Waals surface area contributed by atoms with Crippen molar-refractivity contribution in [2.24, 2.45) is 0 Å². The van der Waals surface area contributed by atoms with E-state index in [0.717, 1.165) is 13.0 Å². The molecule has 0 saturated heterocycles. The molecule has 1 rings (SSSR count). The second-order valence-electron chi connectivity index (χ2n) is 3.06. The number of amides is 1. The van der Waals surface area contributed by atoms with E-state index in [4.69, 9.17) is 0 Å². The molecule has 0 aliphatic heterocycles. The molecule has 1 atom stereocenters. The van der Waals surface area contributed by atoms with Gasteiger partial charge in [0.05, 0.1) is 0 Å². The van der Waals surface area contributed by atoms with E-state index in [-0.39, 0.29) is 11.9 Å². The molecule has 1 heterocycles. The Kier molecular flexibility index (Phi) is 3.84. The van der Waals surface area contributed by atoms with Gasteiger partial charge >= 0.3 is 0 Å². The van der Waals surface area contributed by atoms with Gasteiger partial charge in [0.25, 0.3) is 0 Å². The molecule has 0 spiro atoms. The van der Waals surface area contributed by atoms with Crippen LogP contribution in [0.25, 0.3) is 0 Å². The van der Waals surface area contributed by atoms with Crippen LogP contribution in [0, 0.1) is 0 Å². The van der Waals surface area contributed by atoms with Gasteiger partial charge in [0.15, 0.2) is 0 Å². The van der Waals surface area contributed by atoms with Crippen LogP contribution in [0.4, 0.5) is 0 Å². The Hall–Kier alpha value is -1.65. The Morgan fingerprint density at radius 1 is 1.79 bits per heavy atom. The molecule has 1 amide bonds. The van der Waals surface area contributed by atoms with E-state index in [1.165, 1.54) is 12.4 Å². The second-order valence-corrected chi connectivity index (χ2v) is 3.06. The summed E-state index contributed by atoms with van der Waals surface area (Å²) in [5.41, 5.74) is 0. The highest BCUT2D eigenvalue weighted by Crippen LogP contribution is 1.94. The summed E-state index contributed by atoms with van der Waals surface area (Å²) in [5, 5.41) is 6.73. The summed E-state index contributed by atoms with van der Waals surface area (Å²) >= 11 is 0. The third-order valence-electron chi connectivity index (χ3n) is 1.83. The first-order valence-corrected chi connectivity index (χ1v) is 4.47. The van der Waals surface area contributed by atoms with Crippen molar-refractivity contribution in [1.29, 1.82) is 0 Å². The van der Waals surface area contributed by atoms with Crippen LogP contribution in [0.1, 0.15) is 13.3 Å². The number of aryl methyl sites for hydroxylation is 1.